The minimum Gasteiger partial charge on any atom is -0.465 e. The molecule has 0 aliphatic rings. The number of amides is 1. The average molecular weight is 317 g/mol. The van der Waals surface area contributed by atoms with Crippen molar-refractivity contribution in [2.24, 2.45) is 5.41 Å². The second-order valence-electron chi connectivity index (χ2n) is 5.25. The molecule has 6 nitrogen and oxygen atoms in total. The van der Waals surface area contributed by atoms with Crippen LogP contribution < -0.4 is 5.32 Å². The van der Waals surface area contributed by atoms with E-state index in [2.05, 4.69) is 15.5 Å². The van der Waals surface area contributed by atoms with E-state index in [0.717, 1.165) is 0 Å². The molecule has 0 aliphatic carbocycles. The van der Waals surface area contributed by atoms with E-state index in [-0.39, 0.29) is 23.0 Å². The predicted molar refractivity (Wildman–Crippen MR) is 80.0 cm³/mol. The lowest BCUT2D eigenvalue weighted by Gasteiger charge is -2.16. The molecule has 0 spiro atoms. The van der Waals surface area contributed by atoms with Crippen LogP contribution >= 0.6 is 23.1 Å². The molecule has 1 rings (SSSR count). The molecule has 0 saturated carbocycles. The number of ether oxygens (including phenoxy) is 1. The zero-order valence-electron chi connectivity index (χ0n) is 12.1. The van der Waals surface area contributed by atoms with Crippen molar-refractivity contribution in [1.82, 2.24) is 10.2 Å². The average Bonchev–Trinajstić information content (AvgIpc) is 2.71. The highest BCUT2D eigenvalue weighted by molar-refractivity contribution is 8.01. The number of anilines is 1. The fraction of sp³-hybridized carbons (Fsp3) is 0.667. The zero-order valence-corrected chi connectivity index (χ0v) is 13.7. The second-order valence-corrected chi connectivity index (χ2v) is 7.45. The fourth-order valence-electron chi connectivity index (χ4n) is 1.29. The van der Waals surface area contributed by atoms with Gasteiger partial charge >= 0.3 is 5.97 Å². The number of esters is 1. The monoisotopic (exact) mass is 317 g/mol. The minimum atomic E-state index is -0.286. The van der Waals surface area contributed by atoms with Crippen molar-refractivity contribution in [3.8, 4) is 0 Å². The van der Waals surface area contributed by atoms with Gasteiger partial charge in [0.05, 0.1) is 12.4 Å². The first-order valence-corrected chi connectivity index (χ1v) is 8.02. The number of carbonyl (C=O) groups is 2. The van der Waals surface area contributed by atoms with Crippen LogP contribution in [0.1, 0.15) is 34.1 Å². The van der Waals surface area contributed by atoms with E-state index in [1.165, 1.54) is 23.1 Å². The zero-order chi connectivity index (χ0) is 15.2. The van der Waals surface area contributed by atoms with Gasteiger partial charge in [0, 0.05) is 6.42 Å². The van der Waals surface area contributed by atoms with E-state index in [4.69, 9.17) is 4.74 Å². The van der Waals surface area contributed by atoms with Crippen LogP contribution in [0.4, 0.5) is 5.13 Å². The third-order valence-corrected chi connectivity index (χ3v) is 3.91. The third-order valence-electron chi connectivity index (χ3n) is 1.96. The molecule has 0 atom stereocenters. The Bertz CT molecular complexity index is 469. The molecule has 1 heterocycles. The fourth-order valence-corrected chi connectivity index (χ4v) is 2.85. The number of aromatic nitrogens is 2. The molecule has 1 N–H and O–H groups in total. The second kappa shape index (κ2) is 7.58. The summed E-state index contributed by atoms with van der Waals surface area (Å²) in [5.41, 5.74) is -0.0732. The van der Waals surface area contributed by atoms with Gasteiger partial charge < -0.3 is 10.1 Å². The Morgan fingerprint density at radius 1 is 1.35 bits per heavy atom. The van der Waals surface area contributed by atoms with Gasteiger partial charge in [-0.2, -0.15) is 0 Å². The number of hydrogen-bond donors (Lipinski definition) is 1. The van der Waals surface area contributed by atoms with Gasteiger partial charge in [-0.15, -0.1) is 10.2 Å². The highest BCUT2D eigenvalue weighted by atomic mass is 32.2. The number of thioether (sulfide) groups is 1. The van der Waals surface area contributed by atoms with Crippen molar-refractivity contribution in [3.63, 3.8) is 0 Å². The van der Waals surface area contributed by atoms with Gasteiger partial charge in [-0.3, -0.25) is 9.59 Å². The van der Waals surface area contributed by atoms with Crippen LogP contribution in [0.25, 0.3) is 0 Å². The van der Waals surface area contributed by atoms with Crippen molar-refractivity contribution < 1.29 is 14.3 Å². The molecule has 0 unspecified atom stereocenters. The minimum absolute atomic E-state index is 0.0732. The number of nitrogens with one attached hydrogen (secondary N) is 1. The lowest BCUT2D eigenvalue weighted by molar-refractivity contribution is -0.139. The summed E-state index contributed by atoms with van der Waals surface area (Å²) in [5, 5.41) is 10.9. The van der Waals surface area contributed by atoms with Crippen LogP contribution in [-0.2, 0) is 14.3 Å². The summed E-state index contributed by atoms with van der Waals surface area (Å²) >= 11 is 2.50. The molecule has 0 bridgehead atoms. The van der Waals surface area contributed by atoms with E-state index >= 15 is 0 Å². The molecule has 0 aromatic carbocycles. The highest BCUT2D eigenvalue weighted by Gasteiger charge is 2.17. The number of carbonyl (C=O) groups excluding carboxylic acids is 2. The van der Waals surface area contributed by atoms with Crippen molar-refractivity contribution in [2.75, 3.05) is 17.7 Å². The van der Waals surface area contributed by atoms with Crippen LogP contribution in [-0.4, -0.2) is 34.4 Å². The SMILES string of the molecule is CCOC(=O)CSc1nnc(NC(=O)CC(C)(C)C)s1. The molecule has 1 amide bonds. The molecule has 0 aliphatic heterocycles. The summed E-state index contributed by atoms with van der Waals surface area (Å²) in [7, 11) is 0. The van der Waals surface area contributed by atoms with E-state index in [0.29, 0.717) is 22.5 Å². The molecule has 0 radical (unpaired) electrons. The summed E-state index contributed by atoms with van der Waals surface area (Å²) in [6.07, 6.45) is 0.415. The van der Waals surface area contributed by atoms with Crippen LogP contribution in [0.2, 0.25) is 0 Å². The Labute approximate surface area is 126 Å². The molecular weight excluding hydrogens is 298 g/mol. The molecule has 20 heavy (non-hydrogen) atoms. The predicted octanol–water partition coefficient (Wildman–Crippen LogP) is 2.57. The van der Waals surface area contributed by atoms with E-state index < -0.39 is 0 Å². The first-order valence-electron chi connectivity index (χ1n) is 6.22. The summed E-state index contributed by atoms with van der Waals surface area (Å²) in [4.78, 5) is 22.9. The Morgan fingerprint density at radius 2 is 2.05 bits per heavy atom. The smallest absolute Gasteiger partial charge is 0.316 e. The molecule has 1 aromatic rings. The van der Waals surface area contributed by atoms with Crippen molar-refractivity contribution in [2.45, 2.75) is 38.5 Å². The van der Waals surface area contributed by atoms with Gasteiger partial charge in [-0.1, -0.05) is 43.9 Å². The van der Waals surface area contributed by atoms with Crippen LogP contribution in [0.15, 0.2) is 4.34 Å². The summed E-state index contributed by atoms with van der Waals surface area (Å²) in [5.74, 6) is -0.181. The van der Waals surface area contributed by atoms with Gasteiger partial charge in [0.25, 0.3) is 0 Å². The molecule has 112 valence electrons. The largest absolute Gasteiger partial charge is 0.465 e. The Balaban J connectivity index is 2.43. The maximum absolute atomic E-state index is 11.7. The van der Waals surface area contributed by atoms with Gasteiger partial charge in [-0.25, -0.2) is 0 Å². The van der Waals surface area contributed by atoms with Crippen molar-refractivity contribution >= 4 is 40.1 Å². The first kappa shape index (κ1) is 16.9. The topological polar surface area (TPSA) is 81.2 Å². The van der Waals surface area contributed by atoms with Crippen LogP contribution in [0, 0.1) is 5.41 Å². The van der Waals surface area contributed by atoms with E-state index in [1.54, 1.807) is 6.92 Å². The van der Waals surface area contributed by atoms with Crippen molar-refractivity contribution in [1.29, 1.82) is 0 Å². The number of rotatable bonds is 6. The molecule has 0 saturated heterocycles. The Hall–Kier alpha value is -1.15. The normalized spacial score (nSPS) is 11.2. The highest BCUT2D eigenvalue weighted by Crippen LogP contribution is 2.26. The van der Waals surface area contributed by atoms with Gasteiger partial charge in [0.2, 0.25) is 11.0 Å². The van der Waals surface area contributed by atoms with Crippen LogP contribution in [0.3, 0.4) is 0 Å². The Morgan fingerprint density at radius 3 is 2.65 bits per heavy atom. The number of nitrogens with zero attached hydrogens (tertiary/aromatic N) is 2. The molecule has 8 heteroatoms. The van der Waals surface area contributed by atoms with E-state index in [9.17, 15) is 9.59 Å². The standard InChI is InChI=1S/C12H19N3O3S2/c1-5-18-9(17)7-19-11-15-14-10(20-11)13-8(16)6-12(2,3)4/h5-7H2,1-4H3,(H,13,14,16). The maximum atomic E-state index is 11.7. The molecule has 1 aromatic heterocycles. The Kier molecular flexibility index (Phi) is 6.41. The number of hydrogen-bond acceptors (Lipinski definition) is 7. The molecular formula is C12H19N3O3S2. The van der Waals surface area contributed by atoms with Gasteiger partial charge in [0.1, 0.15) is 0 Å². The van der Waals surface area contributed by atoms with Gasteiger partial charge in [0.15, 0.2) is 4.34 Å². The lowest BCUT2D eigenvalue weighted by Crippen LogP contribution is -2.19. The molecule has 0 fully saturated rings. The quantitative estimate of drug-likeness (QED) is 0.493. The first-order chi connectivity index (χ1) is 9.30. The summed E-state index contributed by atoms with van der Waals surface area (Å²) < 4.78 is 5.45. The van der Waals surface area contributed by atoms with E-state index in [1.807, 2.05) is 20.8 Å². The summed E-state index contributed by atoms with van der Waals surface area (Å²) in [6, 6.07) is 0. The van der Waals surface area contributed by atoms with Gasteiger partial charge in [-0.05, 0) is 12.3 Å². The van der Waals surface area contributed by atoms with Crippen LogP contribution in [0.5, 0.6) is 0 Å². The van der Waals surface area contributed by atoms with Crippen molar-refractivity contribution in [3.05, 3.63) is 0 Å². The lowest BCUT2D eigenvalue weighted by atomic mass is 9.92. The summed E-state index contributed by atoms with van der Waals surface area (Å²) in [6.45, 7) is 8.11. The maximum Gasteiger partial charge on any atom is 0.316 e. The third kappa shape index (κ3) is 6.85.